The molecule has 2 heterocycles. The van der Waals surface area contributed by atoms with E-state index in [1.807, 2.05) is 6.20 Å². The first-order chi connectivity index (χ1) is 4.47. The van der Waals surface area contributed by atoms with Gasteiger partial charge in [0.15, 0.2) is 0 Å². The first-order valence-electron chi connectivity index (χ1n) is 2.98. The zero-order valence-corrected chi connectivity index (χ0v) is 4.94. The molecular weight excluding hydrogens is 114 g/mol. The van der Waals surface area contributed by atoms with Gasteiger partial charge in [0, 0.05) is 24.7 Å². The average molecular weight is 121 g/mol. The molecule has 0 fully saturated rings. The molecule has 2 N–H and O–H groups in total. The highest BCUT2D eigenvalue weighted by Crippen LogP contribution is 2.09. The number of aromatic nitrogens is 2. The van der Waals surface area contributed by atoms with Crippen LogP contribution in [0.3, 0.4) is 0 Å². The summed E-state index contributed by atoms with van der Waals surface area (Å²) < 4.78 is 0. The Morgan fingerprint density at radius 1 is 1.67 bits per heavy atom. The van der Waals surface area contributed by atoms with Crippen LogP contribution in [0.1, 0.15) is 11.3 Å². The minimum atomic E-state index is 0.956. The summed E-state index contributed by atoms with van der Waals surface area (Å²) in [5.74, 6) is 0. The number of hydrogen-bond donors (Lipinski definition) is 2. The molecule has 1 aromatic heterocycles. The molecule has 0 spiro atoms. The van der Waals surface area contributed by atoms with E-state index in [0.717, 1.165) is 24.2 Å². The van der Waals surface area contributed by atoms with Gasteiger partial charge < -0.3 is 5.32 Å². The van der Waals surface area contributed by atoms with E-state index in [9.17, 15) is 0 Å². The quantitative estimate of drug-likeness (QED) is 0.505. The number of rotatable bonds is 0. The van der Waals surface area contributed by atoms with E-state index < -0.39 is 0 Å². The molecule has 2 rings (SSSR count). The summed E-state index contributed by atoms with van der Waals surface area (Å²) in [6.45, 7) is 3.96. The lowest BCUT2D eigenvalue weighted by molar-refractivity contribution is 0.737. The molecule has 1 aliphatic rings. The van der Waals surface area contributed by atoms with E-state index in [2.05, 4.69) is 22.1 Å². The molecule has 0 saturated heterocycles. The van der Waals surface area contributed by atoms with Crippen LogP contribution in [0.4, 0.5) is 0 Å². The summed E-state index contributed by atoms with van der Waals surface area (Å²) >= 11 is 0. The maximum atomic E-state index is 4.03. The predicted octanol–water partition coefficient (Wildman–Crippen LogP) is -0.0577. The Morgan fingerprint density at radius 3 is 3.56 bits per heavy atom. The summed E-state index contributed by atoms with van der Waals surface area (Å²) in [7, 11) is 0. The van der Waals surface area contributed by atoms with Gasteiger partial charge in [-0.1, -0.05) is 0 Å². The molecule has 9 heavy (non-hydrogen) atoms. The fourth-order valence-corrected chi connectivity index (χ4v) is 0.956. The summed E-state index contributed by atoms with van der Waals surface area (Å²) in [4.78, 5) is 0. The van der Waals surface area contributed by atoms with E-state index in [0.29, 0.717) is 0 Å². The highest BCUT2D eigenvalue weighted by Gasteiger charge is 2.10. The maximum absolute atomic E-state index is 4.03. The lowest BCUT2D eigenvalue weighted by atomic mass is 10.1. The van der Waals surface area contributed by atoms with E-state index in [1.165, 1.54) is 0 Å². The second-order valence-electron chi connectivity index (χ2n) is 2.05. The third-order valence-corrected chi connectivity index (χ3v) is 1.43. The molecule has 0 bridgehead atoms. The van der Waals surface area contributed by atoms with Crippen LogP contribution in [0.5, 0.6) is 0 Å². The van der Waals surface area contributed by atoms with E-state index in [-0.39, 0.29) is 0 Å². The molecule has 0 saturated carbocycles. The Bertz CT molecular complexity index is 183. The Labute approximate surface area is 53.5 Å². The fraction of sp³-hybridized carbons (Fsp3) is 0.333. The van der Waals surface area contributed by atoms with Gasteiger partial charge >= 0.3 is 0 Å². The Kier molecular flexibility index (Phi) is 1.02. The van der Waals surface area contributed by atoms with Gasteiger partial charge in [0.05, 0.1) is 12.2 Å². The highest BCUT2D eigenvalue weighted by atomic mass is 15.1. The predicted molar refractivity (Wildman–Crippen MR) is 32.6 cm³/mol. The fourth-order valence-electron chi connectivity index (χ4n) is 0.956. The molecule has 0 unspecified atom stereocenters. The minimum absolute atomic E-state index is 0.956. The Balaban J connectivity index is 2.39. The third-order valence-electron chi connectivity index (χ3n) is 1.43. The Morgan fingerprint density at radius 2 is 2.67 bits per heavy atom. The van der Waals surface area contributed by atoms with Gasteiger partial charge in [0.2, 0.25) is 0 Å². The lowest BCUT2D eigenvalue weighted by Gasteiger charge is -2.07. The number of nitrogens with zero attached hydrogens (tertiary/aromatic N) is 1. The standard InChI is InChI=1S/C6H7N3/c1-2-7-3-5-4-8-9-6(1)5/h4,7H,1-2H2,(H,8,9). The number of hydrogen-bond acceptors (Lipinski definition) is 2. The molecule has 1 aliphatic heterocycles. The number of fused-ring (bicyclic) bond motifs is 1. The van der Waals surface area contributed by atoms with Gasteiger partial charge in [-0.3, -0.25) is 5.10 Å². The van der Waals surface area contributed by atoms with E-state index in [4.69, 9.17) is 0 Å². The smallest absolute Gasteiger partial charge is 0.0969 e. The van der Waals surface area contributed by atoms with Crippen LogP contribution in [0.2, 0.25) is 0 Å². The van der Waals surface area contributed by atoms with Crippen molar-refractivity contribution in [3.05, 3.63) is 24.0 Å². The van der Waals surface area contributed by atoms with Gasteiger partial charge in [-0.05, 0) is 0 Å². The van der Waals surface area contributed by atoms with Crippen molar-refractivity contribution in [1.82, 2.24) is 15.5 Å². The van der Waals surface area contributed by atoms with Crippen molar-refractivity contribution in [3.8, 4) is 0 Å². The van der Waals surface area contributed by atoms with Crippen LogP contribution >= 0.6 is 0 Å². The van der Waals surface area contributed by atoms with Crippen LogP contribution in [-0.4, -0.2) is 16.7 Å². The monoisotopic (exact) mass is 121 g/mol. The van der Waals surface area contributed by atoms with Gasteiger partial charge in [0.1, 0.15) is 0 Å². The van der Waals surface area contributed by atoms with Crippen LogP contribution < -0.4 is 5.32 Å². The van der Waals surface area contributed by atoms with Crippen LogP contribution in [-0.2, 0) is 6.42 Å². The van der Waals surface area contributed by atoms with Gasteiger partial charge in [-0.25, -0.2) is 0 Å². The molecule has 46 valence electrons. The van der Waals surface area contributed by atoms with Gasteiger partial charge in [-0.15, -0.1) is 0 Å². The number of H-pyrrole nitrogens is 1. The van der Waals surface area contributed by atoms with Gasteiger partial charge in [-0.2, -0.15) is 5.10 Å². The molecular formula is C6H7N3. The van der Waals surface area contributed by atoms with Crippen molar-refractivity contribution in [2.45, 2.75) is 6.42 Å². The summed E-state index contributed by atoms with van der Waals surface area (Å²) in [5, 5.41) is 9.83. The van der Waals surface area contributed by atoms with Gasteiger partial charge in [0.25, 0.3) is 0 Å². The van der Waals surface area contributed by atoms with Crippen molar-refractivity contribution in [1.29, 1.82) is 0 Å². The first kappa shape index (κ1) is 4.99. The highest BCUT2D eigenvalue weighted by molar-refractivity contribution is 5.26. The summed E-state index contributed by atoms with van der Waals surface area (Å²) in [6, 6.07) is 0. The Hall–Kier alpha value is -0.830. The normalized spacial score (nSPS) is 17.3. The number of aromatic amines is 1. The average Bonchev–Trinajstić information content (AvgIpc) is 2.33. The molecule has 1 aromatic rings. The largest absolute Gasteiger partial charge is 0.303 e. The van der Waals surface area contributed by atoms with E-state index >= 15 is 0 Å². The molecule has 0 atom stereocenters. The van der Waals surface area contributed by atoms with Crippen molar-refractivity contribution in [2.24, 2.45) is 0 Å². The van der Waals surface area contributed by atoms with Crippen molar-refractivity contribution in [2.75, 3.05) is 6.54 Å². The van der Waals surface area contributed by atoms with E-state index in [1.54, 1.807) is 0 Å². The first-order valence-corrected chi connectivity index (χ1v) is 2.98. The lowest BCUT2D eigenvalue weighted by Crippen LogP contribution is -2.20. The molecule has 2 radical (unpaired) electrons. The second-order valence-corrected chi connectivity index (χ2v) is 2.05. The zero-order chi connectivity index (χ0) is 6.10. The summed E-state index contributed by atoms with van der Waals surface area (Å²) in [5.41, 5.74) is 2.19. The third kappa shape index (κ3) is 0.733. The number of nitrogens with one attached hydrogen (secondary N) is 2. The van der Waals surface area contributed by atoms with Crippen molar-refractivity contribution < 1.29 is 0 Å². The topological polar surface area (TPSA) is 40.7 Å². The van der Waals surface area contributed by atoms with Crippen molar-refractivity contribution in [3.63, 3.8) is 0 Å². The van der Waals surface area contributed by atoms with Crippen molar-refractivity contribution >= 4 is 0 Å². The maximum Gasteiger partial charge on any atom is 0.0969 e. The molecule has 3 heteroatoms. The molecule has 0 amide bonds. The summed E-state index contributed by atoms with van der Waals surface area (Å²) in [6.07, 6.45) is 2.85. The molecule has 3 nitrogen and oxygen atoms in total. The van der Waals surface area contributed by atoms with Crippen LogP contribution in [0.25, 0.3) is 0 Å². The molecule has 0 aromatic carbocycles. The zero-order valence-electron chi connectivity index (χ0n) is 4.94. The molecule has 0 aliphatic carbocycles. The minimum Gasteiger partial charge on any atom is -0.303 e. The second kappa shape index (κ2) is 1.84. The van der Waals surface area contributed by atoms with Crippen LogP contribution in [0, 0.1) is 6.54 Å². The SMILES string of the molecule is [C]1NCCc2n[nH]cc21. The van der Waals surface area contributed by atoms with Crippen LogP contribution in [0.15, 0.2) is 6.20 Å².